The third-order valence-corrected chi connectivity index (χ3v) is 4.60. The van der Waals surface area contributed by atoms with Crippen molar-refractivity contribution in [1.82, 2.24) is 5.32 Å². The Labute approximate surface area is 157 Å². The molecule has 1 aromatic rings. The van der Waals surface area contributed by atoms with Crippen LogP contribution in [0.25, 0.3) is 0 Å². The molecule has 0 saturated heterocycles. The molecule has 1 rings (SSSR count). The molecule has 0 amide bonds. The fraction of sp³-hybridized carbons (Fsp3) is 0.400. The smallest absolute Gasteiger partial charge is 0.188 e. The van der Waals surface area contributed by atoms with Gasteiger partial charge in [-0.2, -0.15) is 0 Å². The van der Waals surface area contributed by atoms with Gasteiger partial charge in [-0.1, -0.05) is 24.3 Å². The van der Waals surface area contributed by atoms with E-state index in [-0.39, 0.29) is 24.0 Å². The van der Waals surface area contributed by atoms with Crippen molar-refractivity contribution in [2.45, 2.75) is 24.7 Å². The molecule has 0 bridgehead atoms. The Bertz CT molecular complexity index is 466. The first-order chi connectivity index (χ1) is 9.59. The van der Waals surface area contributed by atoms with E-state index in [9.17, 15) is 0 Å². The van der Waals surface area contributed by atoms with Gasteiger partial charge in [0.15, 0.2) is 5.96 Å². The monoisotopic (exact) mass is 483 g/mol. The van der Waals surface area contributed by atoms with Gasteiger partial charge in [-0.05, 0) is 53.6 Å². The van der Waals surface area contributed by atoms with E-state index in [1.54, 1.807) is 0 Å². The second-order valence-electron chi connectivity index (χ2n) is 4.57. The van der Waals surface area contributed by atoms with Gasteiger partial charge < -0.3 is 11.1 Å². The normalized spacial score (nSPS) is 10.9. The van der Waals surface area contributed by atoms with Crippen molar-refractivity contribution in [3.63, 3.8) is 0 Å². The van der Waals surface area contributed by atoms with Crippen LogP contribution in [0.4, 0.5) is 0 Å². The first-order valence-electron chi connectivity index (χ1n) is 6.65. The first kappa shape index (κ1) is 20.8. The van der Waals surface area contributed by atoms with Crippen LogP contribution >= 0.6 is 51.7 Å². The van der Waals surface area contributed by atoms with Crippen LogP contribution in [-0.4, -0.2) is 24.8 Å². The van der Waals surface area contributed by atoms with Gasteiger partial charge in [0.2, 0.25) is 0 Å². The summed E-state index contributed by atoms with van der Waals surface area (Å²) in [5.74, 6) is 1.61. The molecule has 0 spiro atoms. The van der Waals surface area contributed by atoms with Crippen LogP contribution in [0.5, 0.6) is 0 Å². The Morgan fingerprint density at radius 2 is 2.10 bits per heavy atom. The summed E-state index contributed by atoms with van der Waals surface area (Å²) in [6.07, 6.45) is 2.23. The summed E-state index contributed by atoms with van der Waals surface area (Å²) in [5, 5.41) is 3.12. The van der Waals surface area contributed by atoms with Crippen molar-refractivity contribution in [3.8, 4) is 0 Å². The number of guanidine groups is 1. The second kappa shape index (κ2) is 12.3. The molecule has 21 heavy (non-hydrogen) atoms. The first-order valence-corrected chi connectivity index (χ1v) is 8.43. The predicted octanol–water partition coefficient (Wildman–Crippen LogP) is 4.42. The summed E-state index contributed by atoms with van der Waals surface area (Å²) >= 11 is 5.43. The fourth-order valence-electron chi connectivity index (χ4n) is 1.46. The van der Waals surface area contributed by atoms with Gasteiger partial charge in [-0.15, -0.1) is 35.7 Å². The molecule has 0 aliphatic rings. The lowest BCUT2D eigenvalue weighted by Gasteiger charge is -2.06. The van der Waals surface area contributed by atoms with Crippen molar-refractivity contribution >= 4 is 57.6 Å². The van der Waals surface area contributed by atoms with Gasteiger partial charge in [0.25, 0.3) is 0 Å². The highest BCUT2D eigenvalue weighted by Crippen LogP contribution is 2.27. The molecule has 6 heteroatoms. The predicted molar refractivity (Wildman–Crippen MR) is 109 cm³/mol. The number of aliphatic imine (C=N–C) groups is 1. The average molecular weight is 484 g/mol. The SMILES string of the molecule is C=C(C)CN=C(N)NCCCCSc1ccccc1Br.I. The van der Waals surface area contributed by atoms with Gasteiger partial charge in [0.05, 0.1) is 6.54 Å². The molecule has 0 aliphatic heterocycles. The highest BCUT2D eigenvalue weighted by atomic mass is 127. The summed E-state index contributed by atoms with van der Waals surface area (Å²) in [4.78, 5) is 5.47. The van der Waals surface area contributed by atoms with E-state index < -0.39 is 0 Å². The van der Waals surface area contributed by atoms with Crippen LogP contribution in [0, 0.1) is 0 Å². The molecule has 0 aliphatic carbocycles. The summed E-state index contributed by atoms with van der Waals surface area (Å²) in [6, 6.07) is 8.30. The second-order valence-corrected chi connectivity index (χ2v) is 6.56. The molecule has 0 heterocycles. The van der Waals surface area contributed by atoms with Crippen molar-refractivity contribution in [2.75, 3.05) is 18.8 Å². The number of nitrogens with one attached hydrogen (secondary N) is 1. The minimum absolute atomic E-state index is 0. The molecule has 0 fully saturated rings. The number of halogens is 2. The summed E-state index contributed by atoms with van der Waals surface area (Å²) in [7, 11) is 0. The van der Waals surface area contributed by atoms with Crippen molar-refractivity contribution < 1.29 is 0 Å². The number of rotatable bonds is 8. The highest BCUT2D eigenvalue weighted by molar-refractivity contribution is 14.0. The van der Waals surface area contributed by atoms with E-state index in [1.807, 2.05) is 24.8 Å². The van der Waals surface area contributed by atoms with E-state index in [2.05, 4.69) is 51.0 Å². The molecule has 3 N–H and O–H groups in total. The number of hydrogen-bond acceptors (Lipinski definition) is 2. The largest absolute Gasteiger partial charge is 0.370 e. The molecule has 3 nitrogen and oxygen atoms in total. The number of nitrogens with two attached hydrogens (primary N) is 1. The van der Waals surface area contributed by atoms with E-state index in [4.69, 9.17) is 5.73 Å². The van der Waals surface area contributed by atoms with Crippen LogP contribution < -0.4 is 11.1 Å². The number of unbranched alkanes of at least 4 members (excludes halogenated alkanes) is 1. The molecule has 0 radical (unpaired) electrons. The van der Waals surface area contributed by atoms with Gasteiger partial charge in [-0.3, -0.25) is 0 Å². The van der Waals surface area contributed by atoms with Crippen molar-refractivity contribution in [3.05, 3.63) is 40.9 Å². The van der Waals surface area contributed by atoms with Crippen molar-refractivity contribution in [2.24, 2.45) is 10.7 Å². The third-order valence-electron chi connectivity index (χ3n) is 2.49. The molecule has 118 valence electrons. The van der Waals surface area contributed by atoms with Crippen LogP contribution in [0.3, 0.4) is 0 Å². The lowest BCUT2D eigenvalue weighted by atomic mass is 10.3. The number of thioether (sulfide) groups is 1. The van der Waals surface area contributed by atoms with E-state index >= 15 is 0 Å². The maximum atomic E-state index is 5.73. The molecular weight excluding hydrogens is 461 g/mol. The van der Waals surface area contributed by atoms with Gasteiger partial charge in [-0.25, -0.2) is 4.99 Å². The van der Waals surface area contributed by atoms with Crippen LogP contribution in [0.1, 0.15) is 19.8 Å². The zero-order chi connectivity index (χ0) is 14.8. The Morgan fingerprint density at radius 1 is 1.38 bits per heavy atom. The summed E-state index contributed by atoms with van der Waals surface area (Å²) in [5.41, 5.74) is 6.75. The lowest BCUT2D eigenvalue weighted by Crippen LogP contribution is -2.32. The van der Waals surface area contributed by atoms with E-state index in [1.165, 1.54) is 9.37 Å². The quantitative estimate of drug-likeness (QED) is 0.144. The van der Waals surface area contributed by atoms with Crippen LogP contribution in [0.15, 0.2) is 50.8 Å². The standard InChI is InChI=1S/C15H22BrN3S.HI/c1-12(2)11-19-15(17)18-9-5-6-10-20-14-8-4-3-7-13(14)16;/h3-4,7-8H,1,5-6,9-11H2,2H3,(H3,17,18,19);1H. The summed E-state index contributed by atoms with van der Waals surface area (Å²) in [6.45, 7) is 7.18. The molecule has 0 unspecified atom stereocenters. The maximum Gasteiger partial charge on any atom is 0.188 e. The Hall–Kier alpha value is -0.210. The third kappa shape index (κ3) is 10.2. The minimum Gasteiger partial charge on any atom is -0.370 e. The highest BCUT2D eigenvalue weighted by Gasteiger charge is 1.99. The van der Waals surface area contributed by atoms with E-state index in [0.717, 1.165) is 30.7 Å². The van der Waals surface area contributed by atoms with Crippen LogP contribution in [-0.2, 0) is 0 Å². The fourth-order valence-corrected chi connectivity index (χ4v) is 3.04. The topological polar surface area (TPSA) is 50.4 Å². The molecule has 0 saturated carbocycles. The summed E-state index contributed by atoms with van der Waals surface area (Å²) < 4.78 is 1.17. The lowest BCUT2D eigenvalue weighted by molar-refractivity contribution is 0.754. The number of hydrogen-bond donors (Lipinski definition) is 2. The van der Waals surface area contributed by atoms with E-state index in [0.29, 0.717) is 12.5 Å². The zero-order valence-corrected chi connectivity index (χ0v) is 17.0. The molecule has 1 aromatic carbocycles. The van der Waals surface area contributed by atoms with Gasteiger partial charge >= 0.3 is 0 Å². The number of benzene rings is 1. The Balaban J connectivity index is 0.00000400. The average Bonchev–Trinajstić information content (AvgIpc) is 2.42. The Morgan fingerprint density at radius 3 is 2.76 bits per heavy atom. The molecule has 0 aromatic heterocycles. The zero-order valence-electron chi connectivity index (χ0n) is 12.3. The minimum atomic E-state index is 0. The van der Waals surface area contributed by atoms with Crippen LogP contribution in [0.2, 0.25) is 0 Å². The van der Waals surface area contributed by atoms with Gasteiger partial charge in [0.1, 0.15) is 0 Å². The Kier molecular flexibility index (Phi) is 12.2. The molecule has 0 atom stereocenters. The van der Waals surface area contributed by atoms with Crippen molar-refractivity contribution in [1.29, 1.82) is 0 Å². The molecular formula is C15H23BrIN3S. The maximum absolute atomic E-state index is 5.73. The van der Waals surface area contributed by atoms with Gasteiger partial charge in [0, 0.05) is 15.9 Å². The number of nitrogens with zero attached hydrogens (tertiary/aromatic N) is 1.